The van der Waals surface area contributed by atoms with Crippen molar-refractivity contribution in [3.05, 3.63) is 93.6 Å². The van der Waals surface area contributed by atoms with Crippen LogP contribution < -0.4 is 5.32 Å². The van der Waals surface area contributed by atoms with Gasteiger partial charge in [-0.15, -0.1) is 11.3 Å². The normalized spacial score (nSPS) is 12.5. The monoisotopic (exact) mass is 445 g/mol. The molecule has 31 heavy (non-hydrogen) atoms. The molecule has 152 valence electrons. The number of fused-ring (bicyclic) bond motifs is 6. The van der Waals surface area contributed by atoms with Gasteiger partial charge in [0.25, 0.3) is 0 Å². The Morgan fingerprint density at radius 3 is 2.74 bits per heavy atom. The van der Waals surface area contributed by atoms with E-state index in [9.17, 15) is 4.39 Å². The zero-order valence-corrected chi connectivity index (χ0v) is 18.2. The molecule has 6 rings (SSSR count). The standard InChI is InChI=1S/C25H17ClFN3S/c1-14-6-5-9-16-10-17-11-18(27)12-19(26)21(17)23-24(28-22(14)16)30-20(13-31-25(30)29-23)15-7-3-2-4-8-15/h2-9,11-13,28H,10H2,1H3. The molecule has 1 aliphatic heterocycles. The van der Waals surface area contributed by atoms with Crippen molar-refractivity contribution in [2.75, 3.05) is 5.32 Å². The van der Waals surface area contributed by atoms with E-state index in [1.807, 2.05) is 24.3 Å². The van der Waals surface area contributed by atoms with E-state index in [4.69, 9.17) is 16.6 Å². The SMILES string of the molecule is Cc1cccc2c1Nc1c(nc3scc(-c4ccccc4)n13)-c1c(Cl)cc(F)cc1C2. The fourth-order valence-electron chi connectivity index (χ4n) is 4.37. The first-order chi connectivity index (χ1) is 15.1. The molecule has 0 atom stereocenters. The van der Waals surface area contributed by atoms with Gasteiger partial charge in [-0.05, 0) is 41.3 Å². The van der Waals surface area contributed by atoms with Crippen molar-refractivity contribution >= 4 is 39.4 Å². The lowest BCUT2D eigenvalue weighted by Gasteiger charge is -2.21. The number of thiazole rings is 1. The highest BCUT2D eigenvalue weighted by Gasteiger charge is 2.26. The zero-order chi connectivity index (χ0) is 21.1. The molecule has 0 aliphatic carbocycles. The molecule has 3 aromatic carbocycles. The molecule has 0 radical (unpaired) electrons. The number of aryl methyl sites for hydroxylation is 1. The Hall–Kier alpha value is -3.15. The molecule has 1 aliphatic rings. The van der Waals surface area contributed by atoms with Crippen LogP contribution in [0.3, 0.4) is 0 Å². The number of halogens is 2. The van der Waals surface area contributed by atoms with E-state index in [1.165, 1.54) is 6.07 Å². The Morgan fingerprint density at radius 1 is 1.06 bits per heavy atom. The molecule has 0 unspecified atom stereocenters. The third kappa shape index (κ3) is 2.88. The quantitative estimate of drug-likeness (QED) is 0.284. The van der Waals surface area contributed by atoms with Gasteiger partial charge in [0.05, 0.1) is 10.7 Å². The van der Waals surface area contributed by atoms with Crippen LogP contribution >= 0.6 is 22.9 Å². The van der Waals surface area contributed by atoms with Crippen LogP contribution in [0.4, 0.5) is 15.9 Å². The maximum atomic E-state index is 14.3. The van der Waals surface area contributed by atoms with Crippen molar-refractivity contribution in [2.45, 2.75) is 13.3 Å². The van der Waals surface area contributed by atoms with Gasteiger partial charge >= 0.3 is 0 Å². The lowest BCUT2D eigenvalue weighted by Crippen LogP contribution is -2.07. The fourth-order valence-corrected chi connectivity index (χ4v) is 5.58. The first kappa shape index (κ1) is 18.6. The molecule has 5 aromatic rings. The summed E-state index contributed by atoms with van der Waals surface area (Å²) in [6, 6.07) is 19.4. The summed E-state index contributed by atoms with van der Waals surface area (Å²) in [6.07, 6.45) is 0.576. The Morgan fingerprint density at radius 2 is 1.90 bits per heavy atom. The second kappa shape index (κ2) is 6.94. The Bertz CT molecular complexity index is 1470. The van der Waals surface area contributed by atoms with Gasteiger partial charge in [-0.3, -0.25) is 4.40 Å². The number of para-hydroxylation sites is 1. The van der Waals surface area contributed by atoms with Gasteiger partial charge < -0.3 is 5.32 Å². The number of benzene rings is 3. The summed E-state index contributed by atoms with van der Waals surface area (Å²) in [5, 5.41) is 6.16. The number of rotatable bonds is 1. The van der Waals surface area contributed by atoms with Gasteiger partial charge in [0.1, 0.15) is 17.3 Å². The highest BCUT2D eigenvalue weighted by atomic mass is 35.5. The molecular weight excluding hydrogens is 429 g/mol. The number of aromatic nitrogens is 2. The van der Waals surface area contributed by atoms with E-state index < -0.39 is 0 Å². The molecule has 0 saturated heterocycles. The summed E-state index contributed by atoms with van der Waals surface area (Å²) < 4.78 is 16.5. The second-order valence-corrected chi connectivity index (χ2v) is 8.99. The van der Waals surface area contributed by atoms with Gasteiger partial charge in [-0.25, -0.2) is 9.37 Å². The molecule has 0 amide bonds. The highest BCUT2D eigenvalue weighted by molar-refractivity contribution is 7.15. The molecule has 0 spiro atoms. The third-order valence-corrected chi connectivity index (χ3v) is 6.91. The smallest absolute Gasteiger partial charge is 0.196 e. The largest absolute Gasteiger partial charge is 0.339 e. The lowest BCUT2D eigenvalue weighted by atomic mass is 9.93. The zero-order valence-electron chi connectivity index (χ0n) is 16.6. The minimum absolute atomic E-state index is 0.334. The van der Waals surface area contributed by atoms with E-state index in [-0.39, 0.29) is 5.82 Å². The first-order valence-corrected chi connectivity index (χ1v) is 11.2. The average Bonchev–Trinajstić information content (AvgIpc) is 3.29. The van der Waals surface area contributed by atoms with Crippen molar-refractivity contribution in [3.63, 3.8) is 0 Å². The van der Waals surface area contributed by atoms with Crippen molar-refractivity contribution in [2.24, 2.45) is 0 Å². The summed E-state index contributed by atoms with van der Waals surface area (Å²) in [5.41, 5.74) is 7.78. The fraction of sp³-hybridized carbons (Fsp3) is 0.0800. The minimum atomic E-state index is -0.334. The molecule has 0 fully saturated rings. The Balaban J connectivity index is 1.72. The van der Waals surface area contributed by atoms with Gasteiger partial charge in [-0.2, -0.15) is 0 Å². The van der Waals surface area contributed by atoms with Crippen LogP contribution in [0.25, 0.3) is 27.5 Å². The lowest BCUT2D eigenvalue weighted by molar-refractivity contribution is 0.626. The Labute approximate surface area is 187 Å². The van der Waals surface area contributed by atoms with E-state index in [1.54, 1.807) is 17.4 Å². The van der Waals surface area contributed by atoms with Crippen molar-refractivity contribution in [1.82, 2.24) is 9.38 Å². The average molecular weight is 446 g/mol. The molecular formula is C25H17ClFN3S. The van der Waals surface area contributed by atoms with Crippen LogP contribution in [0, 0.1) is 12.7 Å². The first-order valence-electron chi connectivity index (χ1n) is 9.99. The third-order valence-electron chi connectivity index (χ3n) is 5.79. The maximum Gasteiger partial charge on any atom is 0.196 e. The predicted molar refractivity (Wildman–Crippen MR) is 126 cm³/mol. The molecule has 3 heterocycles. The van der Waals surface area contributed by atoms with E-state index in [2.05, 4.69) is 46.3 Å². The van der Waals surface area contributed by atoms with Gasteiger partial charge in [0.15, 0.2) is 4.96 Å². The van der Waals surface area contributed by atoms with Crippen molar-refractivity contribution in [3.8, 4) is 22.5 Å². The Kier molecular flexibility index (Phi) is 4.16. The predicted octanol–water partition coefficient (Wildman–Crippen LogP) is 7.48. The van der Waals surface area contributed by atoms with Crippen LogP contribution in [0.1, 0.15) is 16.7 Å². The topological polar surface area (TPSA) is 29.3 Å². The van der Waals surface area contributed by atoms with E-state index in [0.717, 1.165) is 55.7 Å². The molecule has 0 bridgehead atoms. The number of hydrogen-bond donors (Lipinski definition) is 1. The molecule has 6 heteroatoms. The van der Waals surface area contributed by atoms with Gasteiger partial charge in [0, 0.05) is 23.1 Å². The summed E-state index contributed by atoms with van der Waals surface area (Å²) in [4.78, 5) is 5.81. The van der Waals surface area contributed by atoms with E-state index >= 15 is 0 Å². The summed E-state index contributed by atoms with van der Waals surface area (Å²) in [5.74, 6) is 0.513. The maximum absolute atomic E-state index is 14.3. The summed E-state index contributed by atoms with van der Waals surface area (Å²) >= 11 is 8.18. The van der Waals surface area contributed by atoms with Gasteiger partial charge in [0.2, 0.25) is 0 Å². The number of nitrogens with zero attached hydrogens (tertiary/aromatic N) is 2. The number of nitrogens with one attached hydrogen (secondary N) is 1. The summed E-state index contributed by atoms with van der Waals surface area (Å²) in [7, 11) is 0. The number of anilines is 2. The van der Waals surface area contributed by atoms with E-state index in [0.29, 0.717) is 11.4 Å². The van der Waals surface area contributed by atoms with Crippen LogP contribution in [-0.2, 0) is 6.42 Å². The van der Waals surface area contributed by atoms with Crippen LogP contribution in [0.15, 0.2) is 66.0 Å². The molecule has 2 aromatic heterocycles. The minimum Gasteiger partial charge on any atom is -0.339 e. The van der Waals surface area contributed by atoms with Crippen LogP contribution in [-0.4, -0.2) is 9.38 Å². The number of imidazole rings is 1. The van der Waals surface area contributed by atoms with Crippen LogP contribution in [0.2, 0.25) is 5.02 Å². The van der Waals surface area contributed by atoms with Gasteiger partial charge in [-0.1, -0.05) is 60.1 Å². The second-order valence-electron chi connectivity index (χ2n) is 7.75. The molecule has 1 N–H and O–H groups in total. The van der Waals surface area contributed by atoms with Crippen molar-refractivity contribution < 1.29 is 4.39 Å². The number of hydrogen-bond acceptors (Lipinski definition) is 3. The molecule has 3 nitrogen and oxygen atoms in total. The van der Waals surface area contributed by atoms with Crippen LogP contribution in [0.5, 0.6) is 0 Å². The molecule has 0 saturated carbocycles. The summed E-state index contributed by atoms with van der Waals surface area (Å²) in [6.45, 7) is 2.08. The van der Waals surface area contributed by atoms with Crippen molar-refractivity contribution in [1.29, 1.82) is 0 Å². The highest BCUT2D eigenvalue weighted by Crippen LogP contribution is 2.44.